The molecule has 5 aromatic carbocycles. The maximum absolute atomic E-state index is 14.1. The average Bonchev–Trinajstić information content (AvgIpc) is 3.34. The van der Waals surface area contributed by atoms with Gasteiger partial charge in [0.05, 0.1) is 24.2 Å². The standard InChI is InChI=1S/C40H36N4O2/c1-25(2)33-22-34(26(3)21-38(33)46-5)39-42-36-19-10-8-18-32(36)40(45)44(39)41-23-35-27(4)43(37-20-11-9-17-31(35)37)24-29-15-12-14-28-13-6-7-16-30(28)29/h6-23,25H,24H2,1-5H3. The molecule has 0 bridgehead atoms. The maximum Gasteiger partial charge on any atom is 0.282 e. The van der Waals surface area contributed by atoms with Gasteiger partial charge in [0.2, 0.25) is 0 Å². The molecule has 0 aliphatic heterocycles. The summed E-state index contributed by atoms with van der Waals surface area (Å²) in [5.41, 5.74) is 7.68. The Bertz CT molecular complexity index is 2360. The molecule has 228 valence electrons. The first-order chi connectivity index (χ1) is 22.4. The van der Waals surface area contributed by atoms with Crippen molar-refractivity contribution in [2.24, 2.45) is 5.10 Å². The van der Waals surface area contributed by atoms with E-state index in [1.54, 1.807) is 7.11 Å². The van der Waals surface area contributed by atoms with Gasteiger partial charge in [-0.3, -0.25) is 4.79 Å². The van der Waals surface area contributed by atoms with Gasteiger partial charge in [0.1, 0.15) is 5.75 Å². The largest absolute Gasteiger partial charge is 0.496 e. The van der Waals surface area contributed by atoms with Crippen molar-refractivity contribution >= 4 is 38.8 Å². The molecular weight excluding hydrogens is 568 g/mol. The number of nitrogens with zero attached hydrogens (tertiary/aromatic N) is 4. The molecule has 0 saturated heterocycles. The molecule has 0 aliphatic carbocycles. The first-order valence-electron chi connectivity index (χ1n) is 15.6. The van der Waals surface area contributed by atoms with Crippen molar-refractivity contribution < 1.29 is 4.74 Å². The monoisotopic (exact) mass is 604 g/mol. The summed E-state index contributed by atoms with van der Waals surface area (Å²) >= 11 is 0. The Morgan fingerprint density at radius 2 is 1.54 bits per heavy atom. The normalized spacial score (nSPS) is 11.9. The molecule has 0 N–H and O–H groups in total. The van der Waals surface area contributed by atoms with Crippen LogP contribution in [0.3, 0.4) is 0 Å². The Morgan fingerprint density at radius 1 is 0.848 bits per heavy atom. The summed E-state index contributed by atoms with van der Waals surface area (Å²) in [7, 11) is 1.69. The summed E-state index contributed by atoms with van der Waals surface area (Å²) in [6.45, 7) is 9.12. The lowest BCUT2D eigenvalue weighted by molar-refractivity contribution is 0.407. The number of hydrogen-bond donors (Lipinski definition) is 0. The molecule has 0 radical (unpaired) electrons. The van der Waals surface area contributed by atoms with Gasteiger partial charge in [0.15, 0.2) is 5.82 Å². The van der Waals surface area contributed by atoms with Gasteiger partial charge in [-0.05, 0) is 77.6 Å². The lowest BCUT2D eigenvalue weighted by Gasteiger charge is -2.17. The molecule has 0 spiro atoms. The van der Waals surface area contributed by atoms with E-state index >= 15 is 0 Å². The summed E-state index contributed by atoms with van der Waals surface area (Å²) in [4.78, 5) is 19.1. The van der Waals surface area contributed by atoms with Crippen LogP contribution >= 0.6 is 0 Å². The predicted molar refractivity (Wildman–Crippen MR) is 190 cm³/mol. The van der Waals surface area contributed by atoms with Gasteiger partial charge in [-0.1, -0.05) is 86.6 Å². The van der Waals surface area contributed by atoms with Gasteiger partial charge in [-0.15, -0.1) is 0 Å². The summed E-state index contributed by atoms with van der Waals surface area (Å²) in [5.74, 6) is 1.54. The van der Waals surface area contributed by atoms with Gasteiger partial charge in [0.25, 0.3) is 5.56 Å². The smallest absolute Gasteiger partial charge is 0.282 e. The molecule has 7 rings (SSSR count). The topological polar surface area (TPSA) is 61.4 Å². The van der Waals surface area contributed by atoms with Crippen LogP contribution in [-0.2, 0) is 6.54 Å². The van der Waals surface area contributed by atoms with E-state index in [1.807, 2.05) is 49.5 Å². The molecule has 0 saturated carbocycles. The van der Waals surface area contributed by atoms with Crippen LogP contribution in [0.2, 0.25) is 0 Å². The number of hydrogen-bond acceptors (Lipinski definition) is 4. The third-order valence-corrected chi connectivity index (χ3v) is 8.98. The maximum atomic E-state index is 14.1. The minimum atomic E-state index is -0.213. The van der Waals surface area contributed by atoms with Gasteiger partial charge in [0, 0.05) is 34.3 Å². The minimum absolute atomic E-state index is 0.213. The highest BCUT2D eigenvalue weighted by molar-refractivity contribution is 6.01. The zero-order valence-corrected chi connectivity index (χ0v) is 26.8. The summed E-state index contributed by atoms with van der Waals surface area (Å²) in [6, 6.07) is 34.9. The van der Waals surface area contributed by atoms with Crippen LogP contribution in [0.25, 0.3) is 44.0 Å². The first-order valence-corrected chi connectivity index (χ1v) is 15.6. The molecule has 7 aromatic rings. The van der Waals surface area contributed by atoms with Gasteiger partial charge in [-0.2, -0.15) is 9.78 Å². The van der Waals surface area contributed by atoms with Crippen LogP contribution in [0.4, 0.5) is 0 Å². The lowest BCUT2D eigenvalue weighted by Crippen LogP contribution is -2.21. The third kappa shape index (κ3) is 4.96. The Balaban J connectivity index is 1.41. The highest BCUT2D eigenvalue weighted by Crippen LogP contribution is 2.34. The van der Waals surface area contributed by atoms with Crippen molar-refractivity contribution in [2.45, 2.75) is 40.2 Å². The summed E-state index contributed by atoms with van der Waals surface area (Å²) < 4.78 is 9.50. The van der Waals surface area contributed by atoms with Crippen molar-refractivity contribution in [3.63, 3.8) is 0 Å². The number of para-hydroxylation sites is 2. The zero-order valence-electron chi connectivity index (χ0n) is 26.8. The molecule has 0 amide bonds. The highest BCUT2D eigenvalue weighted by atomic mass is 16.5. The fraction of sp³-hybridized carbons (Fsp3) is 0.175. The lowest BCUT2D eigenvalue weighted by atomic mass is 9.96. The second kappa shape index (κ2) is 11.8. The van der Waals surface area contributed by atoms with Crippen LogP contribution in [0.5, 0.6) is 5.75 Å². The van der Waals surface area contributed by atoms with E-state index in [2.05, 4.69) is 92.1 Å². The number of methoxy groups -OCH3 is 1. The number of aryl methyl sites for hydroxylation is 1. The number of rotatable bonds is 7. The van der Waals surface area contributed by atoms with E-state index in [1.165, 1.54) is 21.0 Å². The fourth-order valence-electron chi connectivity index (χ4n) is 6.51. The van der Waals surface area contributed by atoms with Gasteiger partial charge < -0.3 is 9.30 Å². The molecule has 46 heavy (non-hydrogen) atoms. The van der Waals surface area contributed by atoms with Crippen LogP contribution in [0.1, 0.15) is 47.7 Å². The van der Waals surface area contributed by atoms with E-state index in [9.17, 15) is 4.79 Å². The SMILES string of the molecule is COc1cc(C)c(-c2nc3ccccc3c(=O)n2N=Cc2c(C)n(Cc3cccc4ccccc34)c3ccccc23)cc1C(C)C. The molecule has 0 atom stereocenters. The quantitative estimate of drug-likeness (QED) is 0.171. The van der Waals surface area contributed by atoms with Crippen molar-refractivity contribution in [3.05, 3.63) is 141 Å². The Kier molecular flexibility index (Phi) is 7.49. The molecule has 0 unspecified atom stereocenters. The number of benzene rings is 5. The zero-order chi connectivity index (χ0) is 31.9. The molecular formula is C40H36N4O2. The molecule has 0 aliphatic rings. The van der Waals surface area contributed by atoms with E-state index in [0.717, 1.165) is 44.6 Å². The second-order valence-electron chi connectivity index (χ2n) is 12.1. The van der Waals surface area contributed by atoms with Gasteiger partial charge >= 0.3 is 0 Å². The molecule has 2 aromatic heterocycles. The summed E-state index contributed by atoms with van der Waals surface area (Å²) in [5, 5.41) is 8.98. The van der Waals surface area contributed by atoms with Crippen LogP contribution in [0.15, 0.2) is 113 Å². The molecule has 6 heteroatoms. The van der Waals surface area contributed by atoms with Crippen LogP contribution in [-0.4, -0.2) is 27.6 Å². The van der Waals surface area contributed by atoms with Crippen molar-refractivity contribution in [3.8, 4) is 17.1 Å². The van der Waals surface area contributed by atoms with Crippen LogP contribution < -0.4 is 10.3 Å². The van der Waals surface area contributed by atoms with Gasteiger partial charge in [-0.25, -0.2) is 4.98 Å². The van der Waals surface area contributed by atoms with E-state index < -0.39 is 0 Å². The third-order valence-electron chi connectivity index (χ3n) is 8.98. The van der Waals surface area contributed by atoms with Crippen molar-refractivity contribution in [1.82, 2.24) is 14.2 Å². The fourth-order valence-corrected chi connectivity index (χ4v) is 6.51. The molecule has 2 heterocycles. The van der Waals surface area contributed by atoms with Crippen molar-refractivity contribution in [2.75, 3.05) is 7.11 Å². The van der Waals surface area contributed by atoms with E-state index in [0.29, 0.717) is 23.3 Å². The second-order valence-corrected chi connectivity index (χ2v) is 12.1. The number of aromatic nitrogens is 3. The summed E-state index contributed by atoms with van der Waals surface area (Å²) in [6.07, 6.45) is 1.82. The minimum Gasteiger partial charge on any atom is -0.496 e. The molecule has 6 nitrogen and oxygen atoms in total. The Hall–Kier alpha value is -5.49. The number of ether oxygens (including phenoxy) is 1. The van der Waals surface area contributed by atoms with E-state index in [4.69, 9.17) is 14.8 Å². The first kappa shape index (κ1) is 29.2. The molecule has 0 fully saturated rings. The Labute approximate surface area is 268 Å². The average molecular weight is 605 g/mol. The highest BCUT2D eigenvalue weighted by Gasteiger charge is 2.19. The van der Waals surface area contributed by atoms with E-state index in [-0.39, 0.29) is 11.5 Å². The number of fused-ring (bicyclic) bond motifs is 3. The van der Waals surface area contributed by atoms with Crippen molar-refractivity contribution in [1.29, 1.82) is 0 Å². The predicted octanol–water partition coefficient (Wildman–Crippen LogP) is 8.85. The van der Waals surface area contributed by atoms with Crippen LogP contribution in [0, 0.1) is 13.8 Å². The Morgan fingerprint density at radius 3 is 2.33 bits per heavy atom.